The summed E-state index contributed by atoms with van der Waals surface area (Å²) in [4.78, 5) is 4.76. The highest BCUT2D eigenvalue weighted by molar-refractivity contribution is 14.0. The second kappa shape index (κ2) is 13.4. The van der Waals surface area contributed by atoms with E-state index < -0.39 is 0 Å². The maximum Gasteiger partial charge on any atom is 0.191 e. The number of nitrogens with zero attached hydrogens (tertiary/aromatic N) is 1. The Morgan fingerprint density at radius 3 is 2.45 bits per heavy atom. The topological polar surface area (TPSA) is 56.7 Å². The number of aliphatic hydroxyl groups is 1. The molecule has 0 aliphatic heterocycles. The number of guanidine groups is 1. The number of nitrogens with one attached hydrogen (secondary N) is 2. The fourth-order valence-corrected chi connectivity index (χ4v) is 3.11. The normalized spacial score (nSPS) is 18.0. The molecule has 0 bridgehead atoms. The molecule has 0 aromatic heterocycles. The second-order valence-corrected chi connectivity index (χ2v) is 6.71. The van der Waals surface area contributed by atoms with Gasteiger partial charge >= 0.3 is 0 Å². The largest absolute Gasteiger partial charge is 0.396 e. The van der Waals surface area contributed by atoms with Crippen LogP contribution in [0.15, 0.2) is 4.99 Å². The summed E-state index contributed by atoms with van der Waals surface area (Å²) in [7, 11) is 0. The summed E-state index contributed by atoms with van der Waals surface area (Å²) in [6.45, 7) is 8.55. The van der Waals surface area contributed by atoms with Crippen LogP contribution in [0.4, 0.5) is 0 Å². The number of aliphatic imine (C=N–C) groups is 1. The molecule has 1 fully saturated rings. The fourth-order valence-electron chi connectivity index (χ4n) is 3.11. The van der Waals surface area contributed by atoms with Gasteiger partial charge < -0.3 is 15.7 Å². The third-order valence-corrected chi connectivity index (χ3v) is 4.14. The van der Waals surface area contributed by atoms with E-state index in [1.807, 2.05) is 0 Å². The molecule has 0 aromatic rings. The molecule has 0 aromatic carbocycles. The Balaban J connectivity index is 0.00000441. The Morgan fingerprint density at radius 2 is 1.91 bits per heavy atom. The lowest BCUT2D eigenvalue weighted by atomic mass is 9.94. The van der Waals surface area contributed by atoms with Crippen molar-refractivity contribution in [2.45, 2.75) is 71.8 Å². The summed E-state index contributed by atoms with van der Waals surface area (Å²) in [6, 6.07) is 0.581. The highest BCUT2D eigenvalue weighted by Gasteiger charge is 2.15. The van der Waals surface area contributed by atoms with Crippen LogP contribution in [0.5, 0.6) is 0 Å². The molecule has 1 atom stereocenters. The van der Waals surface area contributed by atoms with Gasteiger partial charge in [0.2, 0.25) is 0 Å². The zero-order valence-electron chi connectivity index (χ0n) is 14.6. The molecule has 1 saturated carbocycles. The Morgan fingerprint density at radius 1 is 1.23 bits per heavy atom. The van der Waals surface area contributed by atoms with Crippen LogP contribution in [0, 0.1) is 11.8 Å². The number of halogens is 1. The highest BCUT2D eigenvalue weighted by Crippen LogP contribution is 2.18. The van der Waals surface area contributed by atoms with Crippen LogP contribution < -0.4 is 10.6 Å². The lowest BCUT2D eigenvalue weighted by Crippen LogP contribution is -2.44. The van der Waals surface area contributed by atoms with Gasteiger partial charge in [-0.25, -0.2) is 0 Å². The SMILES string of the molecule is CCNC(=NCC(CCO)CC(C)C)NC1CCCCC1.I. The zero-order chi connectivity index (χ0) is 15.5. The standard InChI is InChI=1S/C17H35N3O.HI/c1-4-18-17(20-16-8-6-5-7-9-16)19-13-15(10-11-21)12-14(2)3;/h14-16,21H,4-13H2,1-3H3,(H2,18,19,20);1H. The molecule has 1 rings (SSSR count). The lowest BCUT2D eigenvalue weighted by molar-refractivity contribution is 0.245. The third-order valence-electron chi connectivity index (χ3n) is 4.14. The molecule has 5 heteroatoms. The van der Waals surface area contributed by atoms with Crippen LogP contribution >= 0.6 is 24.0 Å². The van der Waals surface area contributed by atoms with Gasteiger partial charge in [0.25, 0.3) is 0 Å². The number of hydrogen-bond acceptors (Lipinski definition) is 2. The van der Waals surface area contributed by atoms with Gasteiger partial charge in [0.15, 0.2) is 5.96 Å². The van der Waals surface area contributed by atoms with E-state index in [2.05, 4.69) is 31.4 Å². The number of aliphatic hydroxyl groups excluding tert-OH is 1. The predicted octanol–water partition coefficient (Wildman–Crippen LogP) is 3.54. The van der Waals surface area contributed by atoms with Crippen LogP contribution in [0.25, 0.3) is 0 Å². The van der Waals surface area contributed by atoms with Crippen LogP contribution in [-0.4, -0.2) is 36.8 Å². The predicted molar refractivity (Wildman–Crippen MR) is 106 cm³/mol. The molecule has 1 aliphatic rings. The summed E-state index contributed by atoms with van der Waals surface area (Å²) in [5.41, 5.74) is 0. The van der Waals surface area contributed by atoms with Gasteiger partial charge in [0.05, 0.1) is 0 Å². The van der Waals surface area contributed by atoms with Crippen molar-refractivity contribution in [1.29, 1.82) is 0 Å². The van der Waals surface area contributed by atoms with Gasteiger partial charge in [-0.1, -0.05) is 33.1 Å². The van der Waals surface area contributed by atoms with Crippen molar-refractivity contribution in [2.75, 3.05) is 19.7 Å². The van der Waals surface area contributed by atoms with Crippen molar-refractivity contribution < 1.29 is 5.11 Å². The molecule has 22 heavy (non-hydrogen) atoms. The third kappa shape index (κ3) is 9.87. The first-order valence-corrected chi connectivity index (χ1v) is 8.81. The average molecular weight is 425 g/mol. The molecule has 1 unspecified atom stereocenters. The summed E-state index contributed by atoms with van der Waals surface area (Å²) in [5.74, 6) is 2.10. The molecule has 3 N–H and O–H groups in total. The molecule has 0 saturated heterocycles. The molecule has 0 spiro atoms. The van der Waals surface area contributed by atoms with Crippen molar-refractivity contribution in [3.05, 3.63) is 0 Å². The first kappa shape index (κ1) is 22.0. The molecule has 0 radical (unpaired) electrons. The van der Waals surface area contributed by atoms with E-state index in [0.717, 1.165) is 31.9 Å². The Labute approximate surface area is 154 Å². The summed E-state index contributed by atoms with van der Waals surface area (Å²) in [6.07, 6.45) is 8.54. The Hall–Kier alpha value is -0.0400. The smallest absolute Gasteiger partial charge is 0.191 e. The zero-order valence-corrected chi connectivity index (χ0v) is 16.9. The van der Waals surface area contributed by atoms with E-state index in [9.17, 15) is 5.11 Å². The van der Waals surface area contributed by atoms with Crippen molar-refractivity contribution in [3.8, 4) is 0 Å². The van der Waals surface area contributed by atoms with Crippen molar-refractivity contribution in [3.63, 3.8) is 0 Å². The maximum absolute atomic E-state index is 9.20. The van der Waals surface area contributed by atoms with Crippen molar-refractivity contribution in [1.82, 2.24) is 10.6 Å². The average Bonchev–Trinajstić information content (AvgIpc) is 2.45. The van der Waals surface area contributed by atoms with Gasteiger partial charge in [0, 0.05) is 25.7 Å². The molecule has 0 amide bonds. The molecule has 132 valence electrons. The van der Waals surface area contributed by atoms with Gasteiger partial charge in [-0.15, -0.1) is 24.0 Å². The van der Waals surface area contributed by atoms with E-state index in [1.165, 1.54) is 32.1 Å². The number of rotatable bonds is 8. The van der Waals surface area contributed by atoms with E-state index in [0.29, 0.717) is 17.9 Å². The lowest BCUT2D eigenvalue weighted by Gasteiger charge is -2.25. The minimum atomic E-state index is 0. The van der Waals surface area contributed by atoms with E-state index in [4.69, 9.17) is 4.99 Å². The maximum atomic E-state index is 9.20. The van der Waals surface area contributed by atoms with E-state index >= 15 is 0 Å². The molecular weight excluding hydrogens is 389 g/mol. The van der Waals surface area contributed by atoms with Crippen LogP contribution in [0.3, 0.4) is 0 Å². The Kier molecular flexibility index (Phi) is 13.4. The molecule has 0 heterocycles. The van der Waals surface area contributed by atoms with Gasteiger partial charge in [-0.05, 0) is 44.4 Å². The molecular formula is C17H36IN3O. The van der Waals surface area contributed by atoms with Crippen LogP contribution in [0.2, 0.25) is 0 Å². The van der Waals surface area contributed by atoms with Crippen LogP contribution in [0.1, 0.15) is 65.7 Å². The van der Waals surface area contributed by atoms with Crippen LogP contribution in [-0.2, 0) is 0 Å². The minimum Gasteiger partial charge on any atom is -0.396 e. The monoisotopic (exact) mass is 425 g/mol. The molecule has 4 nitrogen and oxygen atoms in total. The molecule has 1 aliphatic carbocycles. The summed E-state index contributed by atoms with van der Waals surface area (Å²) >= 11 is 0. The Bertz CT molecular complexity index is 292. The van der Waals surface area contributed by atoms with Gasteiger partial charge in [-0.3, -0.25) is 4.99 Å². The minimum absolute atomic E-state index is 0. The fraction of sp³-hybridized carbons (Fsp3) is 0.941. The highest BCUT2D eigenvalue weighted by atomic mass is 127. The summed E-state index contributed by atoms with van der Waals surface area (Å²) < 4.78 is 0. The summed E-state index contributed by atoms with van der Waals surface area (Å²) in [5, 5.41) is 16.1. The first-order chi connectivity index (χ1) is 10.2. The first-order valence-electron chi connectivity index (χ1n) is 8.81. The van der Waals surface area contributed by atoms with Crippen molar-refractivity contribution in [2.24, 2.45) is 16.8 Å². The van der Waals surface area contributed by atoms with Gasteiger partial charge in [-0.2, -0.15) is 0 Å². The number of hydrogen-bond donors (Lipinski definition) is 3. The van der Waals surface area contributed by atoms with Crippen molar-refractivity contribution >= 4 is 29.9 Å². The van der Waals surface area contributed by atoms with E-state index in [-0.39, 0.29) is 30.6 Å². The quantitative estimate of drug-likeness (QED) is 0.317. The van der Waals surface area contributed by atoms with Gasteiger partial charge in [0.1, 0.15) is 0 Å². The second-order valence-electron chi connectivity index (χ2n) is 6.71. The van der Waals surface area contributed by atoms with E-state index in [1.54, 1.807) is 0 Å².